The minimum Gasteiger partial charge on any atom is -0.480 e. The molecular weight excluding hydrogens is 198 g/mol. The lowest BCUT2D eigenvalue weighted by Crippen LogP contribution is -2.53. The number of ether oxygens (including phenoxy) is 1. The number of hydrogen-bond donors (Lipinski definition) is 1. The topological polar surface area (TPSA) is 66.8 Å². The molecule has 0 aromatic heterocycles. The lowest BCUT2D eigenvalue weighted by atomic mass is 10.0. The van der Waals surface area contributed by atoms with Gasteiger partial charge >= 0.3 is 12.1 Å². The van der Waals surface area contributed by atoms with Gasteiger partial charge in [-0.3, -0.25) is 4.90 Å². The average Bonchev–Trinajstić information content (AvgIpc) is 2.15. The number of likely N-dealkylation sites (N-methyl/N-ethyl adjacent to an activating group) is 1. The molecule has 15 heavy (non-hydrogen) atoms. The summed E-state index contributed by atoms with van der Waals surface area (Å²) in [5.74, 6) is -1.07. The molecule has 0 rings (SSSR count). The van der Waals surface area contributed by atoms with Crippen molar-refractivity contribution >= 4 is 12.1 Å². The molecule has 0 aromatic carbocycles. The van der Waals surface area contributed by atoms with Gasteiger partial charge in [0.05, 0.1) is 0 Å². The normalized spacial score (nSPS) is 10.6. The van der Waals surface area contributed by atoms with Crippen molar-refractivity contribution in [2.45, 2.75) is 26.3 Å². The van der Waals surface area contributed by atoms with E-state index in [4.69, 9.17) is 9.84 Å². The third-order valence-corrected chi connectivity index (χ3v) is 2.06. The molecule has 0 aromatic rings. The highest BCUT2D eigenvalue weighted by atomic mass is 16.6. The van der Waals surface area contributed by atoms with Gasteiger partial charge in [0, 0.05) is 6.54 Å². The zero-order chi connectivity index (χ0) is 12.1. The van der Waals surface area contributed by atoms with Crippen LogP contribution in [0, 0.1) is 0 Å². The summed E-state index contributed by atoms with van der Waals surface area (Å²) in [6.45, 7) is 8.35. The molecule has 0 fully saturated rings. The SMILES string of the molecule is C=CCOC(=O)N(CC)C(C)(C)C(=O)O. The van der Waals surface area contributed by atoms with Crippen LogP contribution >= 0.6 is 0 Å². The molecule has 0 heterocycles. The van der Waals surface area contributed by atoms with Crippen molar-refractivity contribution in [3.05, 3.63) is 12.7 Å². The molecule has 0 aliphatic rings. The Morgan fingerprint density at radius 1 is 1.53 bits per heavy atom. The second kappa shape index (κ2) is 5.38. The van der Waals surface area contributed by atoms with E-state index < -0.39 is 17.6 Å². The summed E-state index contributed by atoms with van der Waals surface area (Å²) in [4.78, 5) is 23.6. The number of carboxylic acid groups (broad SMARTS) is 1. The summed E-state index contributed by atoms with van der Waals surface area (Å²) < 4.78 is 4.79. The summed E-state index contributed by atoms with van der Waals surface area (Å²) in [6, 6.07) is 0. The van der Waals surface area contributed by atoms with Gasteiger partial charge in [-0.15, -0.1) is 0 Å². The maximum atomic E-state index is 11.5. The highest BCUT2D eigenvalue weighted by Crippen LogP contribution is 2.15. The quantitative estimate of drug-likeness (QED) is 0.705. The largest absolute Gasteiger partial charge is 0.480 e. The second-order valence-electron chi connectivity index (χ2n) is 3.47. The monoisotopic (exact) mass is 215 g/mol. The van der Waals surface area contributed by atoms with Gasteiger partial charge in [0.1, 0.15) is 12.1 Å². The van der Waals surface area contributed by atoms with E-state index in [0.29, 0.717) is 0 Å². The van der Waals surface area contributed by atoms with Crippen LogP contribution in [0.4, 0.5) is 4.79 Å². The van der Waals surface area contributed by atoms with E-state index in [1.807, 2.05) is 0 Å². The first-order valence-electron chi connectivity index (χ1n) is 4.66. The maximum Gasteiger partial charge on any atom is 0.411 e. The molecule has 1 N–H and O–H groups in total. The fourth-order valence-electron chi connectivity index (χ4n) is 1.08. The first kappa shape index (κ1) is 13.5. The van der Waals surface area contributed by atoms with E-state index in [2.05, 4.69) is 6.58 Å². The fraction of sp³-hybridized carbons (Fsp3) is 0.600. The van der Waals surface area contributed by atoms with Gasteiger partial charge in [-0.1, -0.05) is 12.7 Å². The summed E-state index contributed by atoms with van der Waals surface area (Å²) in [5.41, 5.74) is -1.27. The predicted octanol–water partition coefficient (Wildman–Crippen LogP) is 1.49. The molecule has 0 spiro atoms. The summed E-state index contributed by atoms with van der Waals surface area (Å²) >= 11 is 0. The Kier molecular flexibility index (Phi) is 4.84. The van der Waals surface area contributed by atoms with Crippen LogP contribution in [0.1, 0.15) is 20.8 Å². The Morgan fingerprint density at radius 2 is 2.07 bits per heavy atom. The van der Waals surface area contributed by atoms with E-state index >= 15 is 0 Å². The molecule has 0 saturated heterocycles. The van der Waals surface area contributed by atoms with E-state index in [9.17, 15) is 9.59 Å². The minimum atomic E-state index is -1.27. The van der Waals surface area contributed by atoms with Crippen molar-refractivity contribution in [1.82, 2.24) is 4.90 Å². The zero-order valence-corrected chi connectivity index (χ0v) is 9.32. The number of carbonyl (C=O) groups excluding carboxylic acids is 1. The third-order valence-electron chi connectivity index (χ3n) is 2.06. The lowest BCUT2D eigenvalue weighted by molar-refractivity contribution is -0.148. The Balaban J connectivity index is 4.67. The average molecular weight is 215 g/mol. The molecule has 0 unspecified atom stereocenters. The van der Waals surface area contributed by atoms with E-state index in [-0.39, 0.29) is 13.2 Å². The molecule has 0 saturated carbocycles. The maximum absolute atomic E-state index is 11.5. The standard InChI is InChI=1S/C10H17NO4/c1-5-7-15-9(14)11(6-2)10(3,4)8(12)13/h5H,1,6-7H2,2-4H3,(H,12,13). The van der Waals surface area contributed by atoms with Gasteiger partial charge in [0.25, 0.3) is 0 Å². The molecule has 0 radical (unpaired) electrons. The van der Waals surface area contributed by atoms with Crippen LogP contribution in [0.15, 0.2) is 12.7 Å². The zero-order valence-electron chi connectivity index (χ0n) is 9.32. The van der Waals surface area contributed by atoms with Gasteiger partial charge in [0.15, 0.2) is 0 Å². The molecule has 5 heteroatoms. The van der Waals surface area contributed by atoms with Crippen molar-refractivity contribution in [2.75, 3.05) is 13.2 Å². The molecule has 5 nitrogen and oxygen atoms in total. The van der Waals surface area contributed by atoms with Gasteiger partial charge in [-0.2, -0.15) is 0 Å². The van der Waals surface area contributed by atoms with Crippen molar-refractivity contribution in [3.8, 4) is 0 Å². The van der Waals surface area contributed by atoms with Crippen molar-refractivity contribution in [1.29, 1.82) is 0 Å². The van der Waals surface area contributed by atoms with Gasteiger partial charge in [-0.25, -0.2) is 9.59 Å². The Hall–Kier alpha value is -1.52. The third kappa shape index (κ3) is 3.27. The summed E-state index contributed by atoms with van der Waals surface area (Å²) in [6.07, 6.45) is 0.782. The van der Waals surface area contributed by atoms with Crippen LogP contribution in [0.5, 0.6) is 0 Å². The molecule has 0 atom stereocenters. The Morgan fingerprint density at radius 3 is 2.40 bits per heavy atom. The summed E-state index contributed by atoms with van der Waals surface area (Å²) in [7, 11) is 0. The highest BCUT2D eigenvalue weighted by molar-refractivity contribution is 5.83. The summed E-state index contributed by atoms with van der Waals surface area (Å²) in [5, 5.41) is 8.95. The van der Waals surface area contributed by atoms with Crippen molar-refractivity contribution < 1.29 is 19.4 Å². The second-order valence-corrected chi connectivity index (χ2v) is 3.47. The molecule has 0 aliphatic carbocycles. The first-order chi connectivity index (χ1) is 6.87. The number of carbonyl (C=O) groups is 2. The highest BCUT2D eigenvalue weighted by Gasteiger charge is 2.37. The first-order valence-corrected chi connectivity index (χ1v) is 4.66. The number of carboxylic acids is 1. The molecule has 0 aliphatic heterocycles. The van der Waals surface area contributed by atoms with Crippen molar-refractivity contribution in [2.24, 2.45) is 0 Å². The van der Waals surface area contributed by atoms with Gasteiger partial charge in [0.2, 0.25) is 0 Å². The Bertz CT molecular complexity index is 260. The van der Waals surface area contributed by atoms with Crippen LogP contribution in [-0.2, 0) is 9.53 Å². The van der Waals surface area contributed by atoms with Gasteiger partial charge < -0.3 is 9.84 Å². The van der Waals surface area contributed by atoms with Crippen LogP contribution < -0.4 is 0 Å². The molecular formula is C10H17NO4. The lowest BCUT2D eigenvalue weighted by Gasteiger charge is -2.32. The molecule has 86 valence electrons. The van der Waals surface area contributed by atoms with Crippen molar-refractivity contribution in [3.63, 3.8) is 0 Å². The Labute approximate surface area is 89.3 Å². The van der Waals surface area contributed by atoms with Crippen LogP contribution in [-0.4, -0.2) is 40.8 Å². The fourth-order valence-corrected chi connectivity index (χ4v) is 1.08. The van der Waals surface area contributed by atoms with Crippen LogP contribution in [0.2, 0.25) is 0 Å². The minimum absolute atomic E-state index is 0.0744. The predicted molar refractivity (Wildman–Crippen MR) is 55.6 cm³/mol. The smallest absolute Gasteiger partial charge is 0.411 e. The van der Waals surface area contributed by atoms with Gasteiger partial charge in [-0.05, 0) is 20.8 Å². The van der Waals surface area contributed by atoms with E-state index in [0.717, 1.165) is 4.90 Å². The van der Waals surface area contributed by atoms with Crippen LogP contribution in [0.25, 0.3) is 0 Å². The number of rotatable bonds is 5. The number of hydrogen-bond acceptors (Lipinski definition) is 3. The van der Waals surface area contributed by atoms with E-state index in [1.165, 1.54) is 19.9 Å². The molecule has 1 amide bonds. The van der Waals surface area contributed by atoms with Crippen LogP contribution in [0.3, 0.4) is 0 Å². The number of nitrogens with zero attached hydrogens (tertiary/aromatic N) is 1. The number of aliphatic carboxylic acids is 1. The van der Waals surface area contributed by atoms with E-state index in [1.54, 1.807) is 6.92 Å². The number of amides is 1. The molecule has 0 bridgehead atoms.